The van der Waals surface area contributed by atoms with E-state index < -0.39 is 0 Å². The van der Waals surface area contributed by atoms with Crippen LogP contribution in [0, 0.1) is 0 Å². The van der Waals surface area contributed by atoms with Crippen LogP contribution < -0.4 is 10.6 Å². The number of nitrogens with zero attached hydrogens (tertiary/aromatic N) is 2. The highest BCUT2D eigenvalue weighted by Crippen LogP contribution is 2.17. The van der Waals surface area contributed by atoms with E-state index in [4.69, 9.17) is 17.3 Å². The molecule has 1 aromatic rings. The molecule has 0 atom stereocenters. The van der Waals surface area contributed by atoms with Crippen LogP contribution in [0.15, 0.2) is 12.1 Å². The van der Waals surface area contributed by atoms with Gasteiger partial charge in [-0.2, -0.15) is 0 Å². The Morgan fingerprint density at radius 2 is 2.23 bits per heavy atom. The molecule has 3 nitrogen and oxygen atoms in total. The van der Waals surface area contributed by atoms with Crippen LogP contribution in [0.5, 0.6) is 0 Å². The zero-order valence-corrected chi connectivity index (χ0v) is 8.67. The van der Waals surface area contributed by atoms with Gasteiger partial charge >= 0.3 is 0 Å². The third-order valence-electron chi connectivity index (χ3n) is 1.96. The highest BCUT2D eigenvalue weighted by Gasteiger charge is 2.04. The standard InChI is InChI=1S/C9H14ClN3/c1-3-13(2)9-5-4-7(10)8(6-11)12-9/h4-5H,3,6,11H2,1-2H3. The topological polar surface area (TPSA) is 42.1 Å². The van der Waals surface area contributed by atoms with Crippen molar-refractivity contribution in [2.24, 2.45) is 5.73 Å². The van der Waals surface area contributed by atoms with Gasteiger partial charge in [0.1, 0.15) is 5.82 Å². The Balaban J connectivity index is 2.99. The molecular formula is C9H14ClN3. The van der Waals surface area contributed by atoms with Crippen molar-refractivity contribution in [2.45, 2.75) is 13.5 Å². The van der Waals surface area contributed by atoms with Crippen LogP contribution in [0.1, 0.15) is 12.6 Å². The smallest absolute Gasteiger partial charge is 0.128 e. The van der Waals surface area contributed by atoms with Crippen molar-refractivity contribution in [3.05, 3.63) is 22.8 Å². The highest BCUT2D eigenvalue weighted by atomic mass is 35.5. The monoisotopic (exact) mass is 199 g/mol. The van der Waals surface area contributed by atoms with Gasteiger partial charge in [0.05, 0.1) is 10.7 Å². The second kappa shape index (κ2) is 4.44. The maximum atomic E-state index is 5.88. The van der Waals surface area contributed by atoms with Crippen molar-refractivity contribution < 1.29 is 0 Å². The van der Waals surface area contributed by atoms with E-state index >= 15 is 0 Å². The summed E-state index contributed by atoms with van der Waals surface area (Å²) in [5, 5.41) is 0.635. The fourth-order valence-electron chi connectivity index (χ4n) is 0.991. The molecule has 1 aromatic heterocycles. The summed E-state index contributed by atoms with van der Waals surface area (Å²) in [6.45, 7) is 3.36. The van der Waals surface area contributed by atoms with E-state index in [1.54, 1.807) is 0 Å². The van der Waals surface area contributed by atoms with Gasteiger partial charge in [-0.15, -0.1) is 0 Å². The molecule has 0 unspecified atom stereocenters. The first-order valence-electron chi connectivity index (χ1n) is 4.25. The average molecular weight is 200 g/mol. The second-order valence-electron chi connectivity index (χ2n) is 2.82. The molecule has 2 N–H and O–H groups in total. The van der Waals surface area contributed by atoms with Gasteiger partial charge in [0.25, 0.3) is 0 Å². The number of nitrogens with two attached hydrogens (primary N) is 1. The minimum absolute atomic E-state index is 0.379. The number of anilines is 1. The molecule has 0 bridgehead atoms. The SMILES string of the molecule is CCN(C)c1ccc(Cl)c(CN)n1. The third-order valence-corrected chi connectivity index (χ3v) is 2.31. The highest BCUT2D eigenvalue weighted by molar-refractivity contribution is 6.31. The van der Waals surface area contributed by atoms with Crippen LogP contribution >= 0.6 is 11.6 Å². The van der Waals surface area contributed by atoms with E-state index in [1.807, 2.05) is 24.1 Å². The number of halogens is 1. The maximum Gasteiger partial charge on any atom is 0.128 e. The first-order chi connectivity index (χ1) is 6.19. The van der Waals surface area contributed by atoms with Gasteiger partial charge in [0.15, 0.2) is 0 Å². The Morgan fingerprint density at radius 1 is 1.54 bits per heavy atom. The second-order valence-corrected chi connectivity index (χ2v) is 3.22. The number of hydrogen-bond acceptors (Lipinski definition) is 3. The molecule has 0 radical (unpaired) electrons. The summed E-state index contributed by atoms with van der Waals surface area (Å²) < 4.78 is 0. The van der Waals surface area contributed by atoms with E-state index in [9.17, 15) is 0 Å². The summed E-state index contributed by atoms with van der Waals surface area (Å²) >= 11 is 5.88. The lowest BCUT2D eigenvalue weighted by Crippen LogP contribution is -2.18. The predicted octanol–water partition coefficient (Wildman–Crippen LogP) is 1.65. The first-order valence-corrected chi connectivity index (χ1v) is 4.63. The fourth-order valence-corrected chi connectivity index (χ4v) is 1.17. The number of aromatic nitrogens is 1. The lowest BCUT2D eigenvalue weighted by atomic mass is 10.3. The van der Waals surface area contributed by atoms with Crippen LogP contribution in [0.4, 0.5) is 5.82 Å². The largest absolute Gasteiger partial charge is 0.360 e. The van der Waals surface area contributed by atoms with Gasteiger partial charge < -0.3 is 10.6 Å². The third kappa shape index (κ3) is 2.32. The molecule has 13 heavy (non-hydrogen) atoms. The molecule has 0 saturated heterocycles. The molecule has 1 rings (SSSR count). The van der Waals surface area contributed by atoms with Gasteiger partial charge in [0, 0.05) is 20.1 Å². The van der Waals surface area contributed by atoms with Crippen LogP contribution in [0.2, 0.25) is 5.02 Å². The number of hydrogen-bond donors (Lipinski definition) is 1. The van der Waals surface area contributed by atoms with Crippen molar-refractivity contribution in [3.63, 3.8) is 0 Å². The lowest BCUT2D eigenvalue weighted by molar-refractivity contribution is 0.908. The first kappa shape index (κ1) is 10.3. The van der Waals surface area contributed by atoms with Crippen molar-refractivity contribution in [1.82, 2.24) is 4.98 Å². The van der Waals surface area contributed by atoms with E-state index in [2.05, 4.69) is 11.9 Å². The minimum atomic E-state index is 0.379. The van der Waals surface area contributed by atoms with Crippen molar-refractivity contribution in [2.75, 3.05) is 18.5 Å². The Morgan fingerprint density at radius 3 is 2.77 bits per heavy atom. The van der Waals surface area contributed by atoms with Gasteiger partial charge in [0.2, 0.25) is 0 Å². The van der Waals surface area contributed by atoms with Crippen molar-refractivity contribution >= 4 is 17.4 Å². The van der Waals surface area contributed by atoms with Crippen LogP contribution in [0.25, 0.3) is 0 Å². The van der Waals surface area contributed by atoms with E-state index in [0.29, 0.717) is 11.6 Å². The number of rotatable bonds is 3. The summed E-state index contributed by atoms with van der Waals surface area (Å²) in [5.41, 5.74) is 6.25. The van der Waals surface area contributed by atoms with Gasteiger partial charge in [-0.3, -0.25) is 0 Å². The molecule has 1 heterocycles. The zero-order valence-electron chi connectivity index (χ0n) is 7.92. The summed E-state index contributed by atoms with van der Waals surface area (Å²) in [5.74, 6) is 0.910. The molecule has 72 valence electrons. The average Bonchev–Trinajstić information content (AvgIpc) is 2.17. The van der Waals surface area contributed by atoms with Gasteiger partial charge in [-0.1, -0.05) is 11.6 Å². The maximum absolute atomic E-state index is 5.88. The van der Waals surface area contributed by atoms with Crippen LogP contribution in [0.3, 0.4) is 0 Å². The summed E-state index contributed by atoms with van der Waals surface area (Å²) in [6, 6.07) is 3.73. The molecule has 0 aromatic carbocycles. The molecule has 0 amide bonds. The molecule has 0 saturated carbocycles. The normalized spacial score (nSPS) is 10.2. The molecule has 0 aliphatic heterocycles. The van der Waals surface area contributed by atoms with Crippen LogP contribution in [-0.4, -0.2) is 18.6 Å². The van der Waals surface area contributed by atoms with E-state index in [1.165, 1.54) is 0 Å². The zero-order chi connectivity index (χ0) is 9.84. The lowest BCUT2D eigenvalue weighted by Gasteiger charge is -2.16. The van der Waals surface area contributed by atoms with Crippen molar-refractivity contribution in [1.29, 1.82) is 0 Å². The van der Waals surface area contributed by atoms with E-state index in [0.717, 1.165) is 18.1 Å². The molecule has 0 aliphatic rings. The molecule has 0 aliphatic carbocycles. The van der Waals surface area contributed by atoms with Gasteiger partial charge in [-0.25, -0.2) is 4.98 Å². The predicted molar refractivity (Wildman–Crippen MR) is 56.1 cm³/mol. The van der Waals surface area contributed by atoms with Crippen molar-refractivity contribution in [3.8, 4) is 0 Å². The number of pyridine rings is 1. The Hall–Kier alpha value is -0.800. The van der Waals surface area contributed by atoms with E-state index in [-0.39, 0.29) is 0 Å². The molecular weight excluding hydrogens is 186 g/mol. The summed E-state index contributed by atoms with van der Waals surface area (Å²) in [7, 11) is 1.98. The van der Waals surface area contributed by atoms with Crippen LogP contribution in [-0.2, 0) is 6.54 Å². The molecule has 0 fully saturated rings. The quantitative estimate of drug-likeness (QED) is 0.805. The Bertz CT molecular complexity index is 288. The Labute approximate surface area is 83.5 Å². The van der Waals surface area contributed by atoms with Gasteiger partial charge in [-0.05, 0) is 19.1 Å². The molecule has 0 spiro atoms. The fraction of sp³-hybridized carbons (Fsp3) is 0.444. The Kier molecular flexibility index (Phi) is 3.51. The summed E-state index contributed by atoms with van der Waals surface area (Å²) in [6.07, 6.45) is 0. The minimum Gasteiger partial charge on any atom is -0.360 e. The summed E-state index contributed by atoms with van der Waals surface area (Å²) in [4.78, 5) is 6.37. The molecule has 4 heteroatoms.